The number of esters is 1. The van der Waals surface area contributed by atoms with Crippen LogP contribution in [0.3, 0.4) is 0 Å². The third kappa shape index (κ3) is 4.91. The molecular formula is C23H20ClF3O5. The average molecular weight is 469 g/mol. The smallest absolute Gasteiger partial charge is 0.416 e. The molecule has 0 saturated heterocycles. The van der Waals surface area contributed by atoms with Crippen molar-refractivity contribution in [2.45, 2.75) is 33.1 Å². The van der Waals surface area contributed by atoms with Crippen molar-refractivity contribution < 1.29 is 37.0 Å². The Kier molecular flexibility index (Phi) is 6.83. The molecule has 0 fully saturated rings. The van der Waals surface area contributed by atoms with Gasteiger partial charge in [0.1, 0.15) is 28.9 Å². The summed E-state index contributed by atoms with van der Waals surface area (Å²) >= 11 is 5.93. The Morgan fingerprint density at radius 3 is 2.34 bits per heavy atom. The van der Waals surface area contributed by atoms with E-state index in [4.69, 9.17) is 25.8 Å². The molecule has 1 heterocycles. The summed E-state index contributed by atoms with van der Waals surface area (Å²) in [6.07, 6.45) is -4.96. The SMILES string of the molecule is CCOC(=O)C1=C(c2ccc(Oc3ccc(C(F)(F)F)cc3Cl)cc2)OC(C)C(C)C1=O. The van der Waals surface area contributed by atoms with Crippen molar-refractivity contribution in [1.82, 2.24) is 0 Å². The van der Waals surface area contributed by atoms with E-state index in [1.807, 2.05) is 0 Å². The van der Waals surface area contributed by atoms with Crippen molar-refractivity contribution in [3.05, 3.63) is 64.2 Å². The van der Waals surface area contributed by atoms with E-state index in [1.165, 1.54) is 12.1 Å². The van der Waals surface area contributed by atoms with Gasteiger partial charge < -0.3 is 14.2 Å². The van der Waals surface area contributed by atoms with Crippen LogP contribution in [0.2, 0.25) is 5.02 Å². The van der Waals surface area contributed by atoms with Crippen molar-refractivity contribution in [1.29, 1.82) is 0 Å². The topological polar surface area (TPSA) is 61.8 Å². The van der Waals surface area contributed by atoms with Crippen molar-refractivity contribution in [2.75, 3.05) is 6.61 Å². The highest BCUT2D eigenvalue weighted by atomic mass is 35.5. The Hall–Kier alpha value is -3.00. The molecule has 2 aromatic rings. The maximum Gasteiger partial charge on any atom is 0.416 e. The fourth-order valence-corrected chi connectivity index (χ4v) is 3.29. The fraction of sp³-hybridized carbons (Fsp3) is 0.304. The van der Waals surface area contributed by atoms with Crippen LogP contribution >= 0.6 is 11.6 Å². The minimum atomic E-state index is -4.51. The van der Waals surface area contributed by atoms with Crippen LogP contribution in [0.1, 0.15) is 31.9 Å². The van der Waals surface area contributed by atoms with Crippen LogP contribution in [0.25, 0.3) is 5.76 Å². The van der Waals surface area contributed by atoms with Crippen LogP contribution in [-0.2, 0) is 25.2 Å². The van der Waals surface area contributed by atoms with Gasteiger partial charge in [0.15, 0.2) is 5.78 Å². The number of hydrogen-bond donors (Lipinski definition) is 0. The number of ether oxygens (including phenoxy) is 3. The molecule has 0 saturated carbocycles. The van der Waals surface area contributed by atoms with Crippen LogP contribution in [0.4, 0.5) is 13.2 Å². The van der Waals surface area contributed by atoms with Crippen molar-refractivity contribution in [3.8, 4) is 11.5 Å². The van der Waals surface area contributed by atoms with Gasteiger partial charge in [-0.25, -0.2) is 4.79 Å². The average Bonchev–Trinajstić information content (AvgIpc) is 2.73. The van der Waals surface area contributed by atoms with Gasteiger partial charge >= 0.3 is 12.1 Å². The second kappa shape index (κ2) is 9.24. The van der Waals surface area contributed by atoms with Crippen LogP contribution in [0.5, 0.6) is 11.5 Å². The minimum absolute atomic E-state index is 0.0467. The number of carbonyl (C=O) groups is 2. The first-order valence-electron chi connectivity index (χ1n) is 9.80. The van der Waals surface area contributed by atoms with Crippen LogP contribution in [0, 0.1) is 5.92 Å². The Bertz CT molecular complexity index is 1060. The fourth-order valence-electron chi connectivity index (χ4n) is 3.07. The van der Waals surface area contributed by atoms with Crippen molar-refractivity contribution in [3.63, 3.8) is 0 Å². The first-order valence-corrected chi connectivity index (χ1v) is 10.2. The second-order valence-corrected chi connectivity index (χ2v) is 7.58. The van der Waals surface area contributed by atoms with Crippen LogP contribution < -0.4 is 4.74 Å². The number of ketones is 1. The van der Waals surface area contributed by atoms with E-state index in [-0.39, 0.29) is 40.2 Å². The molecule has 0 aromatic heterocycles. The summed E-state index contributed by atoms with van der Waals surface area (Å²) in [5, 5.41) is -0.194. The van der Waals surface area contributed by atoms with Gasteiger partial charge in [0.05, 0.1) is 23.1 Å². The van der Waals surface area contributed by atoms with Gasteiger partial charge in [-0.1, -0.05) is 18.5 Å². The van der Waals surface area contributed by atoms with E-state index >= 15 is 0 Å². The van der Waals surface area contributed by atoms with E-state index in [0.29, 0.717) is 5.56 Å². The predicted octanol–water partition coefficient (Wildman–Crippen LogP) is 6.05. The molecule has 5 nitrogen and oxygen atoms in total. The Morgan fingerprint density at radius 1 is 1.12 bits per heavy atom. The summed E-state index contributed by atoms with van der Waals surface area (Å²) in [4.78, 5) is 25.1. The molecule has 2 atom stereocenters. The lowest BCUT2D eigenvalue weighted by atomic mass is 9.89. The lowest BCUT2D eigenvalue weighted by Crippen LogP contribution is -2.35. The first-order chi connectivity index (χ1) is 15.0. The summed E-state index contributed by atoms with van der Waals surface area (Å²) in [6, 6.07) is 8.97. The lowest BCUT2D eigenvalue weighted by Gasteiger charge is -2.29. The Balaban J connectivity index is 1.90. The molecule has 0 spiro atoms. The zero-order chi connectivity index (χ0) is 23.6. The molecular weight excluding hydrogens is 449 g/mol. The Labute approximate surface area is 187 Å². The van der Waals surface area contributed by atoms with E-state index in [2.05, 4.69) is 0 Å². The van der Waals surface area contributed by atoms with Gasteiger partial charge in [0.25, 0.3) is 0 Å². The molecule has 32 heavy (non-hydrogen) atoms. The van der Waals surface area contributed by atoms with Gasteiger partial charge in [0, 0.05) is 5.56 Å². The number of carbonyl (C=O) groups excluding carboxylic acids is 2. The molecule has 9 heteroatoms. The molecule has 2 unspecified atom stereocenters. The highest BCUT2D eigenvalue weighted by Crippen LogP contribution is 2.37. The number of benzene rings is 2. The predicted molar refractivity (Wildman–Crippen MR) is 111 cm³/mol. The molecule has 0 radical (unpaired) electrons. The summed E-state index contributed by atoms with van der Waals surface area (Å²) in [5.41, 5.74) is -0.589. The van der Waals surface area contributed by atoms with Crippen molar-refractivity contribution >= 4 is 29.1 Å². The monoisotopic (exact) mass is 468 g/mol. The molecule has 0 bridgehead atoms. The standard InChI is InChI=1S/C23H20ClF3O5/c1-4-30-22(29)19-20(28)12(2)13(3)31-21(19)14-5-8-16(9-6-14)32-18-10-7-15(11-17(18)24)23(25,26)27/h5-13H,4H2,1-3H3. The third-order valence-electron chi connectivity index (χ3n) is 4.98. The highest BCUT2D eigenvalue weighted by molar-refractivity contribution is 6.32. The van der Waals surface area contributed by atoms with E-state index in [1.54, 1.807) is 32.9 Å². The van der Waals surface area contributed by atoms with Gasteiger partial charge in [-0.15, -0.1) is 0 Å². The molecule has 0 aliphatic carbocycles. The number of halogens is 4. The largest absolute Gasteiger partial charge is 0.488 e. The van der Waals surface area contributed by atoms with Crippen molar-refractivity contribution in [2.24, 2.45) is 5.92 Å². The maximum atomic E-state index is 12.8. The number of hydrogen-bond acceptors (Lipinski definition) is 5. The van der Waals surface area contributed by atoms with Gasteiger partial charge in [-0.05, 0) is 56.3 Å². The van der Waals surface area contributed by atoms with Crippen LogP contribution in [-0.4, -0.2) is 24.5 Å². The highest BCUT2D eigenvalue weighted by Gasteiger charge is 2.38. The molecule has 1 aliphatic rings. The summed E-state index contributed by atoms with van der Waals surface area (Å²) in [5.74, 6) is -1.19. The molecule has 2 aromatic carbocycles. The third-order valence-corrected chi connectivity index (χ3v) is 5.27. The summed E-state index contributed by atoms with van der Waals surface area (Å²) in [7, 11) is 0. The molecule has 0 N–H and O–H groups in total. The molecule has 170 valence electrons. The van der Waals surface area contributed by atoms with E-state index in [0.717, 1.165) is 18.2 Å². The number of rotatable bonds is 5. The van der Waals surface area contributed by atoms with Gasteiger partial charge in [-0.3, -0.25) is 4.79 Å². The zero-order valence-electron chi connectivity index (χ0n) is 17.5. The Morgan fingerprint density at radius 2 is 1.78 bits per heavy atom. The summed E-state index contributed by atoms with van der Waals surface area (Å²) in [6.45, 7) is 5.15. The minimum Gasteiger partial charge on any atom is -0.488 e. The number of alkyl halides is 3. The van der Waals surface area contributed by atoms with E-state index < -0.39 is 29.7 Å². The van der Waals surface area contributed by atoms with Gasteiger partial charge in [-0.2, -0.15) is 13.2 Å². The number of Topliss-reactive ketones (excluding diaryl/α,β-unsaturated/α-hetero) is 1. The molecule has 0 amide bonds. The van der Waals surface area contributed by atoms with Crippen LogP contribution in [0.15, 0.2) is 48.0 Å². The molecule has 3 rings (SSSR count). The second-order valence-electron chi connectivity index (χ2n) is 7.17. The zero-order valence-corrected chi connectivity index (χ0v) is 18.2. The maximum absolute atomic E-state index is 12.8. The normalized spacial score (nSPS) is 18.9. The quantitative estimate of drug-likeness (QED) is 0.395. The van der Waals surface area contributed by atoms with Gasteiger partial charge in [0.2, 0.25) is 0 Å². The lowest BCUT2D eigenvalue weighted by molar-refractivity contribution is -0.142. The first kappa shape index (κ1) is 23.7. The van der Waals surface area contributed by atoms with E-state index in [9.17, 15) is 22.8 Å². The summed E-state index contributed by atoms with van der Waals surface area (Å²) < 4.78 is 54.8. The molecule has 1 aliphatic heterocycles.